The second-order valence-electron chi connectivity index (χ2n) is 4.96. The summed E-state index contributed by atoms with van der Waals surface area (Å²) in [7, 11) is 0. The van der Waals surface area contributed by atoms with Crippen molar-refractivity contribution in [1.29, 1.82) is 0 Å². The first-order chi connectivity index (χ1) is 8.54. The SMILES string of the molecule is CCOC(=O)C(CN)(Cc1cscn1)CC(C)C. The summed E-state index contributed by atoms with van der Waals surface area (Å²) < 4.78 is 5.20. The van der Waals surface area contributed by atoms with E-state index < -0.39 is 5.41 Å². The minimum absolute atomic E-state index is 0.200. The van der Waals surface area contributed by atoms with Gasteiger partial charge in [0.25, 0.3) is 0 Å². The molecule has 1 aromatic heterocycles. The molecule has 1 aromatic rings. The van der Waals surface area contributed by atoms with Gasteiger partial charge in [0.05, 0.1) is 23.2 Å². The van der Waals surface area contributed by atoms with E-state index in [1.165, 1.54) is 11.3 Å². The van der Waals surface area contributed by atoms with Crippen LogP contribution in [0, 0.1) is 11.3 Å². The Balaban J connectivity index is 2.93. The van der Waals surface area contributed by atoms with Gasteiger partial charge in [0.1, 0.15) is 0 Å². The highest BCUT2D eigenvalue weighted by atomic mass is 32.1. The summed E-state index contributed by atoms with van der Waals surface area (Å²) in [5, 5.41) is 1.96. The molecule has 0 aliphatic heterocycles. The standard InChI is InChI=1S/C13H22N2O2S/c1-4-17-12(16)13(8-14,5-10(2)3)6-11-7-18-9-15-11/h7,9-10H,4-6,8,14H2,1-3H3. The Hall–Kier alpha value is -0.940. The van der Waals surface area contributed by atoms with Gasteiger partial charge in [-0.2, -0.15) is 0 Å². The fourth-order valence-electron chi connectivity index (χ4n) is 2.20. The molecule has 18 heavy (non-hydrogen) atoms. The van der Waals surface area contributed by atoms with E-state index in [4.69, 9.17) is 10.5 Å². The number of ether oxygens (including phenoxy) is 1. The fourth-order valence-corrected chi connectivity index (χ4v) is 2.76. The van der Waals surface area contributed by atoms with Gasteiger partial charge >= 0.3 is 5.97 Å². The Morgan fingerprint density at radius 1 is 1.61 bits per heavy atom. The molecule has 2 N–H and O–H groups in total. The Morgan fingerprint density at radius 2 is 2.33 bits per heavy atom. The molecule has 0 bridgehead atoms. The first-order valence-electron chi connectivity index (χ1n) is 6.28. The van der Waals surface area contributed by atoms with Crippen LogP contribution in [0.3, 0.4) is 0 Å². The first-order valence-corrected chi connectivity index (χ1v) is 7.22. The molecule has 4 nitrogen and oxygen atoms in total. The van der Waals surface area contributed by atoms with Crippen LogP contribution in [0.1, 0.15) is 32.9 Å². The molecular formula is C13H22N2O2S. The monoisotopic (exact) mass is 270 g/mol. The van der Waals surface area contributed by atoms with Gasteiger partial charge in [-0.05, 0) is 19.3 Å². The number of esters is 1. The van der Waals surface area contributed by atoms with Crippen LogP contribution in [0.2, 0.25) is 0 Å². The number of hydrogen-bond donors (Lipinski definition) is 1. The molecular weight excluding hydrogens is 248 g/mol. The number of carbonyl (C=O) groups is 1. The van der Waals surface area contributed by atoms with Gasteiger partial charge in [-0.15, -0.1) is 11.3 Å². The van der Waals surface area contributed by atoms with Gasteiger partial charge in [-0.3, -0.25) is 4.79 Å². The minimum atomic E-state index is -0.641. The second kappa shape index (κ2) is 6.85. The van der Waals surface area contributed by atoms with Crippen molar-refractivity contribution in [2.24, 2.45) is 17.1 Å². The first kappa shape index (κ1) is 15.1. The van der Waals surface area contributed by atoms with Gasteiger partial charge in [0.2, 0.25) is 0 Å². The highest BCUT2D eigenvalue weighted by molar-refractivity contribution is 7.07. The molecule has 1 rings (SSSR count). The van der Waals surface area contributed by atoms with E-state index in [1.54, 1.807) is 5.51 Å². The normalized spacial score (nSPS) is 14.5. The molecule has 0 aliphatic carbocycles. The quantitative estimate of drug-likeness (QED) is 0.772. The second-order valence-corrected chi connectivity index (χ2v) is 5.68. The van der Waals surface area contributed by atoms with Gasteiger partial charge in [0.15, 0.2) is 0 Å². The van der Waals surface area contributed by atoms with Crippen LogP contribution in [-0.2, 0) is 16.0 Å². The molecule has 0 spiro atoms. The van der Waals surface area contributed by atoms with E-state index >= 15 is 0 Å². The number of thiazole rings is 1. The fraction of sp³-hybridized carbons (Fsp3) is 0.692. The molecule has 0 amide bonds. The molecule has 1 unspecified atom stereocenters. The van der Waals surface area contributed by atoms with Gasteiger partial charge in [-0.25, -0.2) is 4.98 Å². The van der Waals surface area contributed by atoms with Gasteiger partial charge < -0.3 is 10.5 Å². The number of hydrogen-bond acceptors (Lipinski definition) is 5. The number of aromatic nitrogens is 1. The lowest BCUT2D eigenvalue weighted by molar-refractivity contribution is -0.156. The van der Waals surface area contributed by atoms with Crippen LogP contribution in [0.5, 0.6) is 0 Å². The maximum atomic E-state index is 12.2. The van der Waals surface area contributed by atoms with Crippen molar-refractivity contribution in [3.05, 3.63) is 16.6 Å². The van der Waals surface area contributed by atoms with Crippen molar-refractivity contribution in [3.63, 3.8) is 0 Å². The Kier molecular flexibility index (Phi) is 5.75. The van der Waals surface area contributed by atoms with Crippen LogP contribution in [0.15, 0.2) is 10.9 Å². The molecule has 0 radical (unpaired) electrons. The van der Waals surface area contributed by atoms with Crippen LogP contribution in [0.25, 0.3) is 0 Å². The zero-order valence-electron chi connectivity index (χ0n) is 11.3. The molecule has 1 atom stereocenters. The lowest BCUT2D eigenvalue weighted by Crippen LogP contribution is -2.43. The summed E-state index contributed by atoms with van der Waals surface area (Å²) in [6.45, 7) is 6.67. The van der Waals surface area contributed by atoms with Crippen molar-refractivity contribution >= 4 is 17.3 Å². The van der Waals surface area contributed by atoms with Crippen LogP contribution >= 0.6 is 11.3 Å². The molecule has 102 valence electrons. The van der Waals surface area contributed by atoms with Crippen molar-refractivity contribution in [2.45, 2.75) is 33.6 Å². The number of nitrogens with two attached hydrogens (primary N) is 1. The Morgan fingerprint density at radius 3 is 2.78 bits per heavy atom. The van der Waals surface area contributed by atoms with Crippen molar-refractivity contribution in [2.75, 3.05) is 13.2 Å². The highest BCUT2D eigenvalue weighted by Crippen LogP contribution is 2.31. The third kappa shape index (κ3) is 3.78. The third-order valence-electron chi connectivity index (χ3n) is 2.90. The lowest BCUT2D eigenvalue weighted by atomic mass is 9.76. The predicted molar refractivity (Wildman–Crippen MR) is 73.4 cm³/mol. The van der Waals surface area contributed by atoms with Crippen LogP contribution in [0.4, 0.5) is 0 Å². The maximum Gasteiger partial charge on any atom is 0.313 e. The topological polar surface area (TPSA) is 65.2 Å². The van der Waals surface area contributed by atoms with Crippen LogP contribution in [-0.4, -0.2) is 24.1 Å². The van der Waals surface area contributed by atoms with E-state index in [9.17, 15) is 4.79 Å². The molecule has 1 heterocycles. The lowest BCUT2D eigenvalue weighted by Gasteiger charge is -2.31. The molecule has 5 heteroatoms. The van der Waals surface area contributed by atoms with E-state index in [1.807, 2.05) is 12.3 Å². The summed E-state index contributed by atoms with van der Waals surface area (Å²) in [6, 6.07) is 0. The zero-order valence-corrected chi connectivity index (χ0v) is 12.1. The van der Waals surface area contributed by atoms with E-state index in [0.29, 0.717) is 25.5 Å². The van der Waals surface area contributed by atoms with Crippen molar-refractivity contribution in [3.8, 4) is 0 Å². The molecule has 0 saturated heterocycles. The smallest absolute Gasteiger partial charge is 0.313 e. The van der Waals surface area contributed by atoms with E-state index in [-0.39, 0.29) is 5.97 Å². The highest BCUT2D eigenvalue weighted by Gasteiger charge is 2.39. The molecule has 0 aromatic carbocycles. The van der Waals surface area contributed by atoms with E-state index in [2.05, 4.69) is 18.8 Å². The average Bonchev–Trinajstić information content (AvgIpc) is 2.80. The van der Waals surface area contributed by atoms with E-state index in [0.717, 1.165) is 12.1 Å². The minimum Gasteiger partial charge on any atom is -0.466 e. The maximum absolute atomic E-state index is 12.2. The summed E-state index contributed by atoms with van der Waals surface area (Å²) in [4.78, 5) is 16.5. The summed E-state index contributed by atoms with van der Waals surface area (Å²) in [5.41, 5.74) is 7.93. The molecule has 0 fully saturated rings. The number of rotatable bonds is 7. The summed E-state index contributed by atoms with van der Waals surface area (Å²) in [5.74, 6) is 0.186. The van der Waals surface area contributed by atoms with Crippen molar-refractivity contribution in [1.82, 2.24) is 4.98 Å². The molecule has 0 saturated carbocycles. The predicted octanol–water partition coefficient (Wildman–Crippen LogP) is 2.24. The summed E-state index contributed by atoms with van der Waals surface area (Å²) >= 11 is 1.53. The number of nitrogens with zero attached hydrogens (tertiary/aromatic N) is 1. The summed E-state index contributed by atoms with van der Waals surface area (Å²) in [6.07, 6.45) is 1.28. The van der Waals surface area contributed by atoms with Gasteiger partial charge in [-0.1, -0.05) is 13.8 Å². The average molecular weight is 270 g/mol. The van der Waals surface area contributed by atoms with Crippen LogP contribution < -0.4 is 5.73 Å². The Labute approximate surface area is 113 Å². The third-order valence-corrected chi connectivity index (χ3v) is 3.54. The Bertz CT molecular complexity index is 365. The molecule has 0 aliphatic rings. The largest absolute Gasteiger partial charge is 0.466 e. The number of carbonyl (C=O) groups excluding carboxylic acids is 1. The van der Waals surface area contributed by atoms with Gasteiger partial charge in [0, 0.05) is 18.3 Å². The zero-order chi connectivity index (χ0) is 13.6. The van der Waals surface area contributed by atoms with Crippen molar-refractivity contribution < 1.29 is 9.53 Å².